The molecule has 0 aliphatic carbocycles. The van der Waals surface area contributed by atoms with E-state index in [1.807, 2.05) is 79.3 Å². The van der Waals surface area contributed by atoms with Crippen LogP contribution in [0.25, 0.3) is 0 Å². The van der Waals surface area contributed by atoms with E-state index in [9.17, 15) is 4.79 Å². The van der Waals surface area contributed by atoms with E-state index in [1.54, 1.807) is 10.7 Å². The topological polar surface area (TPSA) is 64.7 Å². The molecule has 0 aliphatic heterocycles. The lowest BCUT2D eigenvalue weighted by Crippen LogP contribution is -2.13. The Labute approximate surface area is 183 Å². The molecule has 0 atom stereocenters. The van der Waals surface area contributed by atoms with Gasteiger partial charge in [0.2, 0.25) is 0 Å². The third-order valence-electron chi connectivity index (χ3n) is 4.91. The standard InChI is InChI=1S/C23H22BrN5O/c1-16-22(24)17(2)29(26-16)15-19-8-10-20(11-9-19)23(30)25-21-12-13-28(27-21)14-18-6-4-3-5-7-18/h3-13H,14-15H2,1-2H3,(H,25,27,30). The molecule has 0 spiro atoms. The van der Waals surface area contributed by atoms with E-state index < -0.39 is 0 Å². The van der Waals surface area contributed by atoms with Crippen LogP contribution in [0.3, 0.4) is 0 Å². The van der Waals surface area contributed by atoms with E-state index in [0.717, 1.165) is 27.0 Å². The first-order chi connectivity index (χ1) is 14.5. The lowest BCUT2D eigenvalue weighted by molar-refractivity contribution is 0.102. The zero-order chi connectivity index (χ0) is 21.1. The molecule has 2 aromatic heterocycles. The number of rotatable bonds is 6. The van der Waals surface area contributed by atoms with Gasteiger partial charge >= 0.3 is 0 Å². The highest BCUT2D eigenvalue weighted by Gasteiger charge is 2.11. The number of hydrogen-bond donors (Lipinski definition) is 1. The molecule has 0 bridgehead atoms. The number of aromatic nitrogens is 4. The summed E-state index contributed by atoms with van der Waals surface area (Å²) >= 11 is 3.55. The molecule has 1 amide bonds. The predicted molar refractivity (Wildman–Crippen MR) is 121 cm³/mol. The molecule has 4 aromatic rings. The predicted octanol–water partition coefficient (Wildman–Crippen LogP) is 4.81. The zero-order valence-electron chi connectivity index (χ0n) is 16.8. The van der Waals surface area contributed by atoms with E-state index >= 15 is 0 Å². The van der Waals surface area contributed by atoms with Gasteiger partial charge in [-0.15, -0.1) is 0 Å². The maximum atomic E-state index is 12.6. The number of nitrogens with zero attached hydrogens (tertiary/aromatic N) is 4. The normalized spacial score (nSPS) is 10.9. The Balaban J connectivity index is 1.39. The molecule has 7 heteroatoms. The van der Waals surface area contributed by atoms with Gasteiger partial charge in [-0.25, -0.2) is 0 Å². The maximum absolute atomic E-state index is 12.6. The Bertz CT molecular complexity index is 1160. The van der Waals surface area contributed by atoms with Gasteiger partial charge in [-0.2, -0.15) is 10.2 Å². The molecule has 6 nitrogen and oxygen atoms in total. The second-order valence-corrected chi connectivity index (χ2v) is 7.97. The van der Waals surface area contributed by atoms with Crippen molar-refractivity contribution in [3.63, 3.8) is 0 Å². The fraction of sp³-hybridized carbons (Fsp3) is 0.174. The number of anilines is 1. The monoisotopic (exact) mass is 463 g/mol. The van der Waals surface area contributed by atoms with E-state index in [2.05, 4.69) is 31.4 Å². The van der Waals surface area contributed by atoms with Crippen molar-refractivity contribution in [2.75, 3.05) is 5.32 Å². The van der Waals surface area contributed by atoms with Crippen molar-refractivity contribution in [2.24, 2.45) is 0 Å². The molecule has 0 unspecified atom stereocenters. The van der Waals surface area contributed by atoms with Crippen LogP contribution < -0.4 is 5.32 Å². The summed E-state index contributed by atoms with van der Waals surface area (Å²) < 4.78 is 4.79. The molecule has 1 N–H and O–H groups in total. The average Bonchev–Trinajstić information content (AvgIpc) is 3.28. The van der Waals surface area contributed by atoms with Crippen molar-refractivity contribution in [3.05, 3.63) is 99.4 Å². The van der Waals surface area contributed by atoms with Gasteiger partial charge in [0.25, 0.3) is 5.91 Å². The number of carbonyl (C=O) groups is 1. The SMILES string of the molecule is Cc1nn(Cc2ccc(C(=O)Nc3ccn(Cc4ccccc4)n3)cc2)c(C)c1Br. The molecular formula is C23H22BrN5O. The summed E-state index contributed by atoms with van der Waals surface area (Å²) in [7, 11) is 0. The van der Waals surface area contributed by atoms with E-state index in [0.29, 0.717) is 24.5 Å². The van der Waals surface area contributed by atoms with Crippen LogP contribution in [0.5, 0.6) is 0 Å². The molecule has 2 heterocycles. The Morgan fingerprint density at radius 3 is 2.30 bits per heavy atom. The first-order valence-corrected chi connectivity index (χ1v) is 10.5. The summed E-state index contributed by atoms with van der Waals surface area (Å²) in [6.07, 6.45) is 1.86. The van der Waals surface area contributed by atoms with Crippen molar-refractivity contribution in [1.82, 2.24) is 19.6 Å². The van der Waals surface area contributed by atoms with Crippen molar-refractivity contribution in [3.8, 4) is 0 Å². The Morgan fingerprint density at radius 2 is 1.63 bits per heavy atom. The Hall–Kier alpha value is -3.19. The largest absolute Gasteiger partial charge is 0.305 e. The highest BCUT2D eigenvalue weighted by Crippen LogP contribution is 2.20. The van der Waals surface area contributed by atoms with Crippen LogP contribution in [0.15, 0.2) is 71.3 Å². The van der Waals surface area contributed by atoms with Gasteiger partial charge < -0.3 is 5.32 Å². The molecule has 152 valence electrons. The lowest BCUT2D eigenvalue weighted by atomic mass is 10.1. The molecule has 2 aromatic carbocycles. The highest BCUT2D eigenvalue weighted by atomic mass is 79.9. The van der Waals surface area contributed by atoms with Gasteiger partial charge in [0.15, 0.2) is 5.82 Å². The second-order valence-electron chi connectivity index (χ2n) is 7.18. The first kappa shape index (κ1) is 20.1. The minimum Gasteiger partial charge on any atom is -0.305 e. The number of aryl methyl sites for hydroxylation is 1. The van der Waals surface area contributed by atoms with Gasteiger partial charge in [-0.1, -0.05) is 42.5 Å². The van der Waals surface area contributed by atoms with E-state index in [1.165, 1.54) is 0 Å². The van der Waals surface area contributed by atoms with Crippen LogP contribution in [0.2, 0.25) is 0 Å². The minimum atomic E-state index is -0.180. The number of nitrogens with one attached hydrogen (secondary N) is 1. The molecule has 0 fully saturated rings. The van der Waals surface area contributed by atoms with Crippen LogP contribution in [-0.2, 0) is 13.1 Å². The number of amides is 1. The van der Waals surface area contributed by atoms with Gasteiger partial charge in [-0.05, 0) is 53.0 Å². The van der Waals surface area contributed by atoms with Crippen molar-refractivity contribution < 1.29 is 4.79 Å². The van der Waals surface area contributed by atoms with Crippen molar-refractivity contribution >= 4 is 27.7 Å². The van der Waals surface area contributed by atoms with Crippen molar-refractivity contribution in [1.29, 1.82) is 0 Å². The van der Waals surface area contributed by atoms with Gasteiger partial charge in [0.05, 0.1) is 29.0 Å². The molecule has 0 aliphatic rings. The van der Waals surface area contributed by atoms with E-state index in [-0.39, 0.29) is 5.91 Å². The Kier molecular flexibility index (Phi) is 5.81. The third-order valence-corrected chi connectivity index (χ3v) is 6.06. The van der Waals surface area contributed by atoms with Gasteiger partial charge in [0, 0.05) is 17.8 Å². The second kappa shape index (κ2) is 8.67. The highest BCUT2D eigenvalue weighted by molar-refractivity contribution is 9.10. The lowest BCUT2D eigenvalue weighted by Gasteiger charge is -2.07. The summed E-state index contributed by atoms with van der Waals surface area (Å²) in [5, 5.41) is 11.8. The number of hydrogen-bond acceptors (Lipinski definition) is 3. The van der Waals surface area contributed by atoms with Crippen LogP contribution in [0, 0.1) is 13.8 Å². The molecule has 4 rings (SSSR count). The number of benzene rings is 2. The van der Waals surface area contributed by atoms with Gasteiger partial charge in [-0.3, -0.25) is 14.2 Å². The van der Waals surface area contributed by atoms with Gasteiger partial charge in [0.1, 0.15) is 0 Å². The maximum Gasteiger partial charge on any atom is 0.256 e. The van der Waals surface area contributed by atoms with E-state index in [4.69, 9.17) is 0 Å². The molecule has 0 saturated carbocycles. The minimum absolute atomic E-state index is 0.180. The van der Waals surface area contributed by atoms with Crippen LogP contribution >= 0.6 is 15.9 Å². The summed E-state index contributed by atoms with van der Waals surface area (Å²) in [4.78, 5) is 12.6. The molecular weight excluding hydrogens is 442 g/mol. The summed E-state index contributed by atoms with van der Waals surface area (Å²) in [5.74, 6) is 0.355. The molecule has 30 heavy (non-hydrogen) atoms. The first-order valence-electron chi connectivity index (χ1n) is 9.67. The fourth-order valence-electron chi connectivity index (χ4n) is 3.24. The van der Waals surface area contributed by atoms with Crippen LogP contribution in [-0.4, -0.2) is 25.5 Å². The molecule has 0 radical (unpaired) electrons. The third kappa shape index (κ3) is 4.52. The number of carbonyl (C=O) groups excluding carboxylic acids is 1. The number of halogens is 1. The zero-order valence-corrected chi connectivity index (χ0v) is 18.4. The molecule has 0 saturated heterocycles. The fourth-order valence-corrected chi connectivity index (χ4v) is 3.52. The van der Waals surface area contributed by atoms with Crippen molar-refractivity contribution in [2.45, 2.75) is 26.9 Å². The summed E-state index contributed by atoms with van der Waals surface area (Å²) in [6.45, 7) is 5.32. The Morgan fingerprint density at radius 1 is 0.933 bits per heavy atom. The quantitative estimate of drug-likeness (QED) is 0.446. The summed E-state index contributed by atoms with van der Waals surface area (Å²) in [5.41, 5.74) is 4.88. The van der Waals surface area contributed by atoms with Crippen LogP contribution in [0.1, 0.15) is 32.9 Å². The van der Waals surface area contributed by atoms with Crippen LogP contribution in [0.4, 0.5) is 5.82 Å². The summed E-state index contributed by atoms with van der Waals surface area (Å²) in [6, 6.07) is 19.4. The smallest absolute Gasteiger partial charge is 0.256 e. The average molecular weight is 464 g/mol.